The minimum atomic E-state index is -1.09. The molecule has 6 nitrogen and oxygen atoms in total. The van der Waals surface area contributed by atoms with Crippen molar-refractivity contribution in [2.75, 3.05) is 13.1 Å². The molecule has 0 unspecified atom stereocenters. The minimum Gasteiger partial charge on any atom is -0.480 e. The maximum atomic E-state index is 12.2. The van der Waals surface area contributed by atoms with Crippen LogP contribution in [0.4, 0.5) is 0 Å². The number of nitrogens with zero attached hydrogens (tertiary/aromatic N) is 1. The maximum Gasteiger partial charge on any atom is 0.323 e. The highest BCUT2D eigenvalue weighted by Crippen LogP contribution is 2.17. The van der Waals surface area contributed by atoms with Gasteiger partial charge >= 0.3 is 5.97 Å². The Morgan fingerprint density at radius 1 is 1.13 bits per heavy atom. The Morgan fingerprint density at radius 3 is 2.26 bits per heavy atom. The molecule has 0 saturated heterocycles. The number of rotatable bonds is 7. The van der Waals surface area contributed by atoms with Crippen LogP contribution in [-0.2, 0) is 20.9 Å². The molecular weight excluding hydrogens is 296 g/mol. The van der Waals surface area contributed by atoms with Crippen molar-refractivity contribution in [3.63, 3.8) is 0 Å². The zero-order valence-electron chi connectivity index (χ0n) is 13.8. The first-order valence-corrected chi connectivity index (χ1v) is 7.47. The van der Waals surface area contributed by atoms with E-state index in [0.29, 0.717) is 6.42 Å². The Labute approximate surface area is 136 Å². The van der Waals surface area contributed by atoms with Crippen molar-refractivity contribution >= 4 is 17.8 Å². The number of benzene rings is 1. The summed E-state index contributed by atoms with van der Waals surface area (Å²) in [5.74, 6) is -1.73. The van der Waals surface area contributed by atoms with Crippen molar-refractivity contribution in [3.05, 3.63) is 35.9 Å². The smallest absolute Gasteiger partial charge is 0.323 e. The molecule has 1 aromatic rings. The lowest BCUT2D eigenvalue weighted by molar-refractivity contribution is -0.144. The zero-order chi connectivity index (χ0) is 17.5. The van der Waals surface area contributed by atoms with Crippen molar-refractivity contribution in [2.24, 2.45) is 5.41 Å². The van der Waals surface area contributed by atoms with Gasteiger partial charge in [-0.3, -0.25) is 14.4 Å². The number of carbonyl (C=O) groups is 3. The molecule has 23 heavy (non-hydrogen) atoms. The maximum absolute atomic E-state index is 12.2. The molecule has 0 saturated carbocycles. The van der Waals surface area contributed by atoms with Crippen LogP contribution in [0.5, 0.6) is 0 Å². The highest BCUT2D eigenvalue weighted by Gasteiger charge is 2.20. The van der Waals surface area contributed by atoms with Gasteiger partial charge in [0.15, 0.2) is 0 Å². The van der Waals surface area contributed by atoms with Crippen molar-refractivity contribution in [2.45, 2.75) is 33.7 Å². The van der Waals surface area contributed by atoms with E-state index in [4.69, 9.17) is 5.11 Å². The Bertz CT molecular complexity index is 549. The van der Waals surface area contributed by atoms with Crippen molar-refractivity contribution in [1.29, 1.82) is 0 Å². The number of hydrogen-bond donors (Lipinski definition) is 2. The van der Waals surface area contributed by atoms with Crippen molar-refractivity contribution in [3.8, 4) is 0 Å². The molecule has 2 N–H and O–H groups in total. The van der Waals surface area contributed by atoms with Gasteiger partial charge in [0.05, 0.1) is 6.54 Å². The standard InChI is InChI=1S/C17H24N2O4/c1-17(2,3)9-14(20)18-10-15(21)19(12-16(22)23)11-13-7-5-4-6-8-13/h4-8H,9-12H2,1-3H3,(H,18,20)(H,22,23). The van der Waals surface area contributed by atoms with Crippen LogP contribution in [0, 0.1) is 5.41 Å². The van der Waals surface area contributed by atoms with Gasteiger partial charge in [0, 0.05) is 13.0 Å². The molecular formula is C17H24N2O4. The largest absolute Gasteiger partial charge is 0.480 e. The summed E-state index contributed by atoms with van der Waals surface area (Å²) in [6.45, 7) is 5.39. The molecule has 126 valence electrons. The van der Waals surface area contributed by atoms with Crippen LogP contribution in [-0.4, -0.2) is 40.9 Å². The number of carboxylic acid groups (broad SMARTS) is 1. The monoisotopic (exact) mass is 320 g/mol. The van der Waals surface area contributed by atoms with E-state index < -0.39 is 18.4 Å². The minimum absolute atomic E-state index is 0.169. The van der Waals surface area contributed by atoms with Crippen LogP contribution in [0.15, 0.2) is 30.3 Å². The molecule has 0 heterocycles. The molecule has 0 bridgehead atoms. The number of carboxylic acids is 1. The molecule has 0 spiro atoms. The molecule has 0 fully saturated rings. The lowest BCUT2D eigenvalue weighted by Gasteiger charge is -2.22. The van der Waals surface area contributed by atoms with Crippen LogP contribution in [0.2, 0.25) is 0 Å². The second-order valence-corrected chi connectivity index (χ2v) is 6.64. The molecule has 0 radical (unpaired) electrons. The fourth-order valence-electron chi connectivity index (χ4n) is 2.03. The highest BCUT2D eigenvalue weighted by atomic mass is 16.4. The van der Waals surface area contributed by atoms with Gasteiger partial charge in [-0.05, 0) is 11.0 Å². The summed E-state index contributed by atoms with van der Waals surface area (Å²) in [4.78, 5) is 36.1. The summed E-state index contributed by atoms with van der Waals surface area (Å²) in [5, 5.41) is 11.5. The summed E-state index contributed by atoms with van der Waals surface area (Å²) >= 11 is 0. The Kier molecular flexibility index (Phi) is 6.75. The summed E-state index contributed by atoms with van der Waals surface area (Å²) in [7, 11) is 0. The number of aliphatic carboxylic acids is 1. The first-order valence-electron chi connectivity index (χ1n) is 7.47. The molecule has 0 aromatic heterocycles. The lowest BCUT2D eigenvalue weighted by atomic mass is 9.92. The molecule has 0 aliphatic heterocycles. The van der Waals surface area contributed by atoms with Crippen molar-refractivity contribution in [1.82, 2.24) is 10.2 Å². The Balaban J connectivity index is 2.62. The van der Waals surface area contributed by atoms with E-state index >= 15 is 0 Å². The second-order valence-electron chi connectivity index (χ2n) is 6.64. The third-order valence-corrected chi connectivity index (χ3v) is 3.02. The van der Waals surface area contributed by atoms with Crippen LogP contribution >= 0.6 is 0 Å². The van der Waals surface area contributed by atoms with Gasteiger partial charge in [0.2, 0.25) is 11.8 Å². The number of hydrogen-bond acceptors (Lipinski definition) is 3. The fraction of sp³-hybridized carbons (Fsp3) is 0.471. The van der Waals surface area contributed by atoms with Crippen LogP contribution < -0.4 is 5.32 Å². The quantitative estimate of drug-likeness (QED) is 0.800. The van der Waals surface area contributed by atoms with E-state index in [1.54, 1.807) is 0 Å². The average Bonchev–Trinajstić information content (AvgIpc) is 2.43. The second kappa shape index (κ2) is 8.31. The van der Waals surface area contributed by atoms with Gasteiger partial charge in [-0.15, -0.1) is 0 Å². The predicted octanol–water partition coefficient (Wildman–Crippen LogP) is 1.65. The first-order chi connectivity index (χ1) is 10.7. The first kappa shape index (κ1) is 18.7. The third-order valence-electron chi connectivity index (χ3n) is 3.02. The van der Waals surface area contributed by atoms with Crippen LogP contribution in [0.3, 0.4) is 0 Å². The lowest BCUT2D eigenvalue weighted by Crippen LogP contribution is -2.42. The van der Waals surface area contributed by atoms with Crippen molar-refractivity contribution < 1.29 is 19.5 Å². The van der Waals surface area contributed by atoms with Gasteiger partial charge < -0.3 is 15.3 Å². The molecule has 2 amide bonds. The highest BCUT2D eigenvalue weighted by molar-refractivity contribution is 5.86. The molecule has 6 heteroatoms. The Morgan fingerprint density at radius 2 is 1.74 bits per heavy atom. The van der Waals surface area contributed by atoms with Gasteiger partial charge in [-0.25, -0.2) is 0 Å². The summed E-state index contributed by atoms with van der Waals surface area (Å²) in [5.41, 5.74) is 0.667. The predicted molar refractivity (Wildman–Crippen MR) is 86.6 cm³/mol. The summed E-state index contributed by atoms with van der Waals surface area (Å²) in [6, 6.07) is 9.13. The molecule has 0 aliphatic rings. The molecule has 0 aliphatic carbocycles. The zero-order valence-corrected chi connectivity index (χ0v) is 13.8. The van der Waals surface area contributed by atoms with E-state index in [9.17, 15) is 14.4 Å². The Hall–Kier alpha value is -2.37. The SMILES string of the molecule is CC(C)(C)CC(=O)NCC(=O)N(CC(=O)O)Cc1ccccc1. The average molecular weight is 320 g/mol. The summed E-state index contributed by atoms with van der Waals surface area (Å²) < 4.78 is 0. The third kappa shape index (κ3) is 7.99. The number of carbonyl (C=O) groups excluding carboxylic acids is 2. The van der Waals surface area contributed by atoms with E-state index in [-0.39, 0.29) is 24.4 Å². The number of nitrogens with one attached hydrogen (secondary N) is 1. The van der Waals surface area contributed by atoms with Crippen LogP contribution in [0.1, 0.15) is 32.8 Å². The van der Waals surface area contributed by atoms with E-state index in [1.165, 1.54) is 4.90 Å². The van der Waals surface area contributed by atoms with E-state index in [0.717, 1.165) is 5.56 Å². The molecule has 0 atom stereocenters. The van der Waals surface area contributed by atoms with Crippen LogP contribution in [0.25, 0.3) is 0 Å². The van der Waals surface area contributed by atoms with E-state index in [2.05, 4.69) is 5.32 Å². The molecule has 1 aromatic carbocycles. The normalized spacial score (nSPS) is 10.9. The number of amides is 2. The van der Waals surface area contributed by atoms with E-state index in [1.807, 2.05) is 51.1 Å². The topological polar surface area (TPSA) is 86.7 Å². The van der Waals surface area contributed by atoms with Gasteiger partial charge in [0.25, 0.3) is 0 Å². The molecule has 1 rings (SSSR count). The summed E-state index contributed by atoms with van der Waals surface area (Å²) in [6.07, 6.45) is 0.303. The van der Waals surface area contributed by atoms with Gasteiger partial charge in [0.1, 0.15) is 6.54 Å². The van der Waals surface area contributed by atoms with Gasteiger partial charge in [-0.1, -0.05) is 51.1 Å². The van der Waals surface area contributed by atoms with Gasteiger partial charge in [-0.2, -0.15) is 0 Å². The fourth-order valence-corrected chi connectivity index (χ4v) is 2.03.